The average molecular weight is 445 g/mol. The Labute approximate surface area is 181 Å². The van der Waals surface area contributed by atoms with Crippen molar-refractivity contribution in [2.45, 2.75) is 0 Å². The van der Waals surface area contributed by atoms with E-state index < -0.39 is 5.82 Å². The summed E-state index contributed by atoms with van der Waals surface area (Å²) in [5.74, 6) is -0.0330. The maximum atomic E-state index is 14.5. The number of benzene rings is 2. The third-order valence-electron chi connectivity index (χ3n) is 4.66. The van der Waals surface area contributed by atoms with Gasteiger partial charge < -0.3 is 9.30 Å². The molecule has 9 heteroatoms. The maximum absolute atomic E-state index is 14.5. The second-order valence-corrected chi connectivity index (χ2v) is 7.32. The van der Waals surface area contributed by atoms with Crippen LogP contribution in [0, 0.1) is 5.82 Å². The predicted molar refractivity (Wildman–Crippen MR) is 114 cm³/mol. The summed E-state index contributed by atoms with van der Waals surface area (Å²) in [6.45, 7) is 0. The number of hydrogen-bond acceptors (Lipinski definition) is 4. The van der Waals surface area contributed by atoms with Crippen molar-refractivity contribution in [2.24, 2.45) is 7.05 Å². The van der Waals surface area contributed by atoms with Crippen LogP contribution in [0.25, 0.3) is 27.9 Å². The van der Waals surface area contributed by atoms with Gasteiger partial charge in [-0.05, 0) is 35.9 Å². The fourth-order valence-electron chi connectivity index (χ4n) is 3.25. The molecule has 4 aromatic rings. The lowest BCUT2D eigenvalue weighted by Gasteiger charge is -2.15. The molecule has 152 valence electrons. The highest BCUT2D eigenvalue weighted by molar-refractivity contribution is 6.32. The van der Waals surface area contributed by atoms with Crippen LogP contribution in [0.2, 0.25) is 10.2 Å². The number of aromatic nitrogens is 4. The van der Waals surface area contributed by atoms with E-state index >= 15 is 0 Å². The van der Waals surface area contributed by atoms with Gasteiger partial charge in [0.05, 0.1) is 24.0 Å². The summed E-state index contributed by atoms with van der Waals surface area (Å²) in [4.78, 5) is 12.2. The van der Waals surface area contributed by atoms with Crippen LogP contribution in [0.5, 0.6) is 5.75 Å². The van der Waals surface area contributed by atoms with E-state index in [9.17, 15) is 9.18 Å². The maximum Gasteiger partial charge on any atom is 0.332 e. The van der Waals surface area contributed by atoms with Crippen LogP contribution in [0.3, 0.4) is 0 Å². The van der Waals surface area contributed by atoms with Gasteiger partial charge in [0.2, 0.25) is 0 Å². The largest absolute Gasteiger partial charge is 0.495 e. The smallest absolute Gasteiger partial charge is 0.332 e. The molecule has 2 aromatic carbocycles. The molecule has 30 heavy (non-hydrogen) atoms. The molecule has 0 aliphatic rings. The summed E-state index contributed by atoms with van der Waals surface area (Å²) in [5.41, 5.74) is 2.45. The van der Waals surface area contributed by atoms with Crippen molar-refractivity contribution in [2.75, 3.05) is 7.11 Å². The minimum absolute atomic E-state index is 0.182. The van der Waals surface area contributed by atoms with Gasteiger partial charge in [-0.25, -0.2) is 9.18 Å². The van der Waals surface area contributed by atoms with E-state index in [-0.39, 0.29) is 10.8 Å². The Balaban J connectivity index is 1.88. The second kappa shape index (κ2) is 7.93. The van der Waals surface area contributed by atoms with Crippen molar-refractivity contribution in [3.05, 3.63) is 81.5 Å². The average Bonchev–Trinajstić information content (AvgIpc) is 3.05. The number of methoxy groups -OCH3 is 1. The standard InChI is InChI=1S/C21H15Cl2FN4O2/c1-27-5-6-28(21(27)29)18-4-3-12(7-17(18)22)15-9-14(24)10-16(20(15)30-2)13-8-19(23)26-25-11-13/h3-11H,1-2H3. The Bertz CT molecular complexity index is 1320. The molecule has 0 atom stereocenters. The van der Waals surface area contributed by atoms with Gasteiger partial charge in [0.15, 0.2) is 5.15 Å². The molecule has 0 unspecified atom stereocenters. The molecule has 6 nitrogen and oxygen atoms in total. The lowest BCUT2D eigenvalue weighted by atomic mass is 9.97. The zero-order valence-electron chi connectivity index (χ0n) is 15.9. The number of halogens is 3. The summed E-state index contributed by atoms with van der Waals surface area (Å²) in [7, 11) is 3.15. The molecule has 0 spiro atoms. The zero-order valence-corrected chi connectivity index (χ0v) is 17.4. The van der Waals surface area contributed by atoms with Gasteiger partial charge in [-0.15, -0.1) is 5.10 Å². The number of imidazole rings is 1. The van der Waals surface area contributed by atoms with Crippen LogP contribution in [-0.4, -0.2) is 26.4 Å². The minimum Gasteiger partial charge on any atom is -0.495 e. The number of nitrogens with zero attached hydrogens (tertiary/aromatic N) is 4. The fourth-order valence-corrected chi connectivity index (χ4v) is 3.68. The fraction of sp³-hybridized carbons (Fsp3) is 0.0952. The highest BCUT2D eigenvalue weighted by Crippen LogP contribution is 2.41. The van der Waals surface area contributed by atoms with Crippen molar-refractivity contribution in [1.29, 1.82) is 0 Å². The first kappa shape index (κ1) is 20.1. The molecule has 4 rings (SSSR count). The summed E-state index contributed by atoms with van der Waals surface area (Å²) in [6, 6.07) is 9.39. The molecule has 0 aliphatic heterocycles. The van der Waals surface area contributed by atoms with Gasteiger partial charge in [0.1, 0.15) is 11.6 Å². The Morgan fingerprint density at radius 2 is 1.77 bits per heavy atom. The molecule has 2 heterocycles. The van der Waals surface area contributed by atoms with Gasteiger partial charge in [-0.1, -0.05) is 29.3 Å². The van der Waals surface area contributed by atoms with Gasteiger partial charge >= 0.3 is 5.69 Å². The Kier molecular flexibility index (Phi) is 5.32. The number of hydrogen-bond donors (Lipinski definition) is 0. The molecule has 2 aromatic heterocycles. The summed E-state index contributed by atoms with van der Waals surface area (Å²) < 4.78 is 23.0. The minimum atomic E-state index is -0.465. The van der Waals surface area contributed by atoms with Crippen LogP contribution < -0.4 is 10.4 Å². The Hall–Kier alpha value is -3.16. The summed E-state index contributed by atoms with van der Waals surface area (Å²) >= 11 is 12.4. The van der Waals surface area contributed by atoms with Crippen molar-refractivity contribution in [3.8, 4) is 33.7 Å². The van der Waals surface area contributed by atoms with Crippen LogP contribution in [0.4, 0.5) is 4.39 Å². The topological polar surface area (TPSA) is 61.9 Å². The number of ether oxygens (including phenoxy) is 1. The molecular weight excluding hydrogens is 430 g/mol. The van der Waals surface area contributed by atoms with Crippen molar-refractivity contribution < 1.29 is 9.13 Å². The van der Waals surface area contributed by atoms with E-state index in [1.807, 2.05) is 0 Å². The van der Waals surface area contributed by atoms with Crippen LogP contribution in [-0.2, 0) is 7.05 Å². The van der Waals surface area contributed by atoms with Gasteiger partial charge in [0, 0.05) is 36.1 Å². The normalized spacial score (nSPS) is 11.0. The molecule has 0 amide bonds. The van der Waals surface area contributed by atoms with Gasteiger partial charge in [0.25, 0.3) is 0 Å². The molecular formula is C21H15Cl2FN4O2. The molecule has 0 saturated heterocycles. The highest BCUT2D eigenvalue weighted by atomic mass is 35.5. The summed E-state index contributed by atoms with van der Waals surface area (Å²) in [5, 5.41) is 8.06. The monoisotopic (exact) mass is 444 g/mol. The predicted octanol–water partition coefficient (Wildman–Crippen LogP) is 4.75. The third kappa shape index (κ3) is 3.58. The third-order valence-corrected chi connectivity index (χ3v) is 5.15. The SMILES string of the molecule is COc1c(-c2cnnc(Cl)c2)cc(F)cc1-c1ccc(-n2ccn(C)c2=O)c(Cl)c1. The van der Waals surface area contributed by atoms with Gasteiger partial charge in [-0.2, -0.15) is 5.10 Å². The van der Waals surface area contributed by atoms with E-state index in [0.717, 1.165) is 0 Å². The quantitative estimate of drug-likeness (QED) is 0.455. The van der Waals surface area contributed by atoms with Crippen molar-refractivity contribution in [3.63, 3.8) is 0 Å². The molecule has 0 radical (unpaired) electrons. The lowest BCUT2D eigenvalue weighted by molar-refractivity contribution is 0.417. The van der Waals surface area contributed by atoms with Crippen LogP contribution in [0.1, 0.15) is 0 Å². The highest BCUT2D eigenvalue weighted by Gasteiger charge is 2.17. The zero-order chi connectivity index (χ0) is 21.4. The van der Waals surface area contributed by atoms with E-state index in [4.69, 9.17) is 27.9 Å². The van der Waals surface area contributed by atoms with Gasteiger partial charge in [-0.3, -0.25) is 4.57 Å². The van der Waals surface area contributed by atoms with Crippen LogP contribution >= 0.6 is 23.2 Å². The van der Waals surface area contributed by atoms with E-state index in [2.05, 4.69) is 10.2 Å². The Morgan fingerprint density at radius 3 is 2.37 bits per heavy atom. The first-order chi connectivity index (χ1) is 14.4. The first-order valence-corrected chi connectivity index (χ1v) is 9.55. The van der Waals surface area contributed by atoms with E-state index in [1.54, 1.807) is 43.7 Å². The van der Waals surface area contributed by atoms with E-state index in [1.165, 1.54) is 34.6 Å². The number of rotatable bonds is 4. The molecule has 0 bridgehead atoms. The molecule has 0 saturated carbocycles. The van der Waals surface area contributed by atoms with Crippen molar-refractivity contribution in [1.82, 2.24) is 19.3 Å². The lowest BCUT2D eigenvalue weighted by Crippen LogP contribution is -2.20. The van der Waals surface area contributed by atoms with Crippen molar-refractivity contribution >= 4 is 23.2 Å². The number of aryl methyl sites for hydroxylation is 1. The van der Waals surface area contributed by atoms with Crippen LogP contribution in [0.15, 0.2) is 59.8 Å². The first-order valence-electron chi connectivity index (χ1n) is 8.79. The second-order valence-electron chi connectivity index (χ2n) is 6.53. The molecule has 0 N–H and O–H groups in total. The molecule has 0 aliphatic carbocycles. The Morgan fingerprint density at radius 1 is 1.03 bits per heavy atom. The van der Waals surface area contributed by atoms with E-state index in [0.29, 0.717) is 38.7 Å². The summed E-state index contributed by atoms with van der Waals surface area (Å²) in [6.07, 6.45) is 4.75. The molecule has 0 fully saturated rings.